The Labute approximate surface area is 131 Å². The maximum absolute atomic E-state index is 12.3. The molecule has 20 heavy (non-hydrogen) atoms. The summed E-state index contributed by atoms with van der Waals surface area (Å²) < 4.78 is 34.6. The molecule has 112 valence electrons. The van der Waals surface area contributed by atoms with E-state index in [1.54, 1.807) is 6.07 Å². The Bertz CT molecular complexity index is 589. The van der Waals surface area contributed by atoms with Gasteiger partial charge in [-0.15, -0.1) is 0 Å². The largest absolute Gasteiger partial charge is 0.373 e. The summed E-state index contributed by atoms with van der Waals surface area (Å²) in [4.78, 5) is 3.89. The van der Waals surface area contributed by atoms with Gasteiger partial charge in [-0.25, -0.2) is 4.98 Å². The number of ether oxygens (including phenoxy) is 1. The van der Waals surface area contributed by atoms with Crippen LogP contribution in [-0.2, 0) is 14.9 Å². The summed E-state index contributed by atoms with van der Waals surface area (Å²) >= 11 is 8.98. The van der Waals surface area contributed by atoms with Gasteiger partial charge in [0.25, 0.3) is 0 Å². The molecule has 1 fully saturated rings. The van der Waals surface area contributed by atoms with Crippen LogP contribution in [0.3, 0.4) is 0 Å². The molecule has 1 aromatic rings. The van der Waals surface area contributed by atoms with Crippen LogP contribution in [0.25, 0.3) is 0 Å². The van der Waals surface area contributed by atoms with Gasteiger partial charge in [-0.2, -0.15) is 12.7 Å². The van der Waals surface area contributed by atoms with E-state index in [1.807, 2.05) is 13.8 Å². The maximum Gasteiger partial charge on any atom is 0.301 e. The lowest BCUT2D eigenvalue weighted by Gasteiger charge is -2.34. The number of anilines is 1. The van der Waals surface area contributed by atoms with Crippen molar-refractivity contribution in [1.82, 2.24) is 9.29 Å². The molecule has 1 aromatic heterocycles. The first-order valence-electron chi connectivity index (χ1n) is 6.02. The lowest BCUT2D eigenvalue weighted by atomic mass is 10.3. The van der Waals surface area contributed by atoms with Crippen LogP contribution in [-0.4, -0.2) is 43.0 Å². The highest BCUT2D eigenvalue weighted by Gasteiger charge is 2.31. The van der Waals surface area contributed by atoms with Crippen molar-refractivity contribution in [2.75, 3.05) is 17.8 Å². The first-order chi connectivity index (χ1) is 9.28. The third kappa shape index (κ3) is 3.82. The van der Waals surface area contributed by atoms with Crippen molar-refractivity contribution in [3.63, 3.8) is 0 Å². The van der Waals surface area contributed by atoms with E-state index in [1.165, 1.54) is 10.5 Å². The summed E-state index contributed by atoms with van der Waals surface area (Å²) in [6.45, 7) is 4.33. The van der Waals surface area contributed by atoms with Crippen LogP contribution in [0.5, 0.6) is 0 Å². The summed E-state index contributed by atoms with van der Waals surface area (Å²) in [6.07, 6.45) is 1.11. The fourth-order valence-corrected chi connectivity index (χ4v) is 3.82. The minimum absolute atomic E-state index is 0.134. The lowest BCUT2D eigenvalue weighted by molar-refractivity contribution is -0.0439. The monoisotopic (exact) mass is 383 g/mol. The van der Waals surface area contributed by atoms with Crippen molar-refractivity contribution < 1.29 is 13.2 Å². The number of hydrogen-bond acceptors (Lipinski definition) is 4. The number of morpholine rings is 1. The molecule has 0 aromatic carbocycles. The van der Waals surface area contributed by atoms with Gasteiger partial charge in [0.2, 0.25) is 0 Å². The van der Waals surface area contributed by atoms with Crippen LogP contribution in [0.4, 0.5) is 5.69 Å². The molecule has 1 aliphatic rings. The third-order valence-corrected chi connectivity index (χ3v) is 5.37. The maximum atomic E-state index is 12.3. The van der Waals surface area contributed by atoms with Crippen LogP contribution in [0, 0.1) is 0 Å². The Morgan fingerprint density at radius 3 is 2.60 bits per heavy atom. The van der Waals surface area contributed by atoms with E-state index >= 15 is 0 Å². The molecule has 0 bridgehead atoms. The van der Waals surface area contributed by atoms with Crippen LogP contribution in [0.1, 0.15) is 13.8 Å². The molecule has 2 heterocycles. The molecule has 0 amide bonds. The highest BCUT2D eigenvalue weighted by molar-refractivity contribution is 9.10. The molecule has 0 radical (unpaired) electrons. The van der Waals surface area contributed by atoms with E-state index in [2.05, 4.69) is 25.6 Å². The van der Waals surface area contributed by atoms with Crippen molar-refractivity contribution in [3.8, 4) is 0 Å². The third-order valence-electron chi connectivity index (χ3n) is 2.77. The van der Waals surface area contributed by atoms with E-state index in [9.17, 15) is 8.42 Å². The molecule has 1 aliphatic heterocycles. The summed E-state index contributed by atoms with van der Waals surface area (Å²) in [5, 5.41) is 0.279. The first kappa shape index (κ1) is 16.0. The number of nitrogens with zero attached hydrogens (tertiary/aromatic N) is 2. The van der Waals surface area contributed by atoms with Gasteiger partial charge in [-0.3, -0.25) is 4.72 Å². The van der Waals surface area contributed by atoms with Gasteiger partial charge in [0.05, 0.1) is 28.6 Å². The molecule has 1 saturated heterocycles. The van der Waals surface area contributed by atoms with Gasteiger partial charge in [0.1, 0.15) is 5.15 Å². The van der Waals surface area contributed by atoms with Crippen molar-refractivity contribution in [3.05, 3.63) is 21.9 Å². The fourth-order valence-electron chi connectivity index (χ4n) is 2.02. The predicted molar refractivity (Wildman–Crippen MR) is 81.1 cm³/mol. The number of nitrogens with one attached hydrogen (secondary N) is 1. The number of pyridine rings is 1. The van der Waals surface area contributed by atoms with E-state index in [0.717, 1.165) is 0 Å². The molecule has 2 rings (SSSR count). The standard InChI is InChI=1S/C11H15BrClN3O3S/c1-7-5-16(6-8(2)19-7)20(17,18)15-9-3-10(12)11(13)14-4-9/h3-4,7-8,15H,5-6H2,1-2H3. The second-order valence-corrected chi connectivity index (χ2v) is 7.56. The highest BCUT2D eigenvalue weighted by atomic mass is 79.9. The summed E-state index contributed by atoms with van der Waals surface area (Å²) in [6, 6.07) is 1.57. The van der Waals surface area contributed by atoms with Gasteiger partial charge in [0.15, 0.2) is 0 Å². The smallest absolute Gasteiger partial charge is 0.301 e. The average Bonchev–Trinajstić information content (AvgIpc) is 2.32. The van der Waals surface area contributed by atoms with Gasteiger partial charge < -0.3 is 4.74 Å². The van der Waals surface area contributed by atoms with Crippen LogP contribution in [0.15, 0.2) is 16.7 Å². The topological polar surface area (TPSA) is 71.5 Å². The highest BCUT2D eigenvalue weighted by Crippen LogP contribution is 2.24. The second kappa shape index (κ2) is 6.15. The molecule has 1 N–H and O–H groups in total. The van der Waals surface area contributed by atoms with Crippen molar-refractivity contribution in [2.45, 2.75) is 26.1 Å². The van der Waals surface area contributed by atoms with Gasteiger partial charge in [-0.05, 0) is 35.8 Å². The van der Waals surface area contributed by atoms with Crippen molar-refractivity contribution >= 4 is 43.4 Å². The van der Waals surface area contributed by atoms with Crippen LogP contribution < -0.4 is 4.72 Å². The van der Waals surface area contributed by atoms with E-state index in [4.69, 9.17) is 16.3 Å². The van der Waals surface area contributed by atoms with Crippen LogP contribution in [0.2, 0.25) is 5.15 Å². The van der Waals surface area contributed by atoms with Crippen molar-refractivity contribution in [1.29, 1.82) is 0 Å². The van der Waals surface area contributed by atoms with Gasteiger partial charge in [-0.1, -0.05) is 11.6 Å². The number of halogens is 2. The Balaban J connectivity index is 2.16. The van der Waals surface area contributed by atoms with Gasteiger partial charge in [0, 0.05) is 13.1 Å². The molecular weight excluding hydrogens is 370 g/mol. The minimum Gasteiger partial charge on any atom is -0.373 e. The molecule has 9 heteroatoms. The molecule has 0 spiro atoms. The second-order valence-electron chi connectivity index (χ2n) is 4.68. The molecule has 6 nitrogen and oxygen atoms in total. The van der Waals surface area contributed by atoms with Crippen molar-refractivity contribution in [2.24, 2.45) is 0 Å². The predicted octanol–water partition coefficient (Wildman–Crippen LogP) is 2.26. The van der Waals surface area contributed by atoms with Crippen LogP contribution >= 0.6 is 27.5 Å². The molecular formula is C11H15BrClN3O3S. The molecule has 2 atom stereocenters. The normalized spacial score (nSPS) is 24.6. The fraction of sp³-hybridized carbons (Fsp3) is 0.545. The summed E-state index contributed by atoms with van der Waals surface area (Å²) in [7, 11) is -3.63. The van der Waals surface area contributed by atoms with E-state index in [-0.39, 0.29) is 17.4 Å². The summed E-state index contributed by atoms with van der Waals surface area (Å²) in [5.74, 6) is 0. The summed E-state index contributed by atoms with van der Waals surface area (Å²) in [5.41, 5.74) is 0.355. The van der Waals surface area contributed by atoms with E-state index < -0.39 is 10.2 Å². The number of hydrogen-bond donors (Lipinski definition) is 1. The number of aromatic nitrogens is 1. The zero-order chi connectivity index (χ0) is 14.9. The molecule has 2 unspecified atom stereocenters. The SMILES string of the molecule is CC1CN(S(=O)(=O)Nc2cnc(Cl)c(Br)c2)CC(C)O1. The lowest BCUT2D eigenvalue weighted by Crippen LogP contribution is -2.49. The van der Waals surface area contributed by atoms with E-state index in [0.29, 0.717) is 23.2 Å². The Kier molecular flexibility index (Phi) is 4.91. The quantitative estimate of drug-likeness (QED) is 0.812. The minimum atomic E-state index is -3.63. The Morgan fingerprint density at radius 1 is 1.45 bits per heavy atom. The Morgan fingerprint density at radius 2 is 2.05 bits per heavy atom. The van der Waals surface area contributed by atoms with Gasteiger partial charge >= 0.3 is 10.2 Å². The molecule has 0 aliphatic carbocycles. The Hall–Kier alpha value is -0.410. The zero-order valence-electron chi connectivity index (χ0n) is 11.0. The zero-order valence-corrected chi connectivity index (χ0v) is 14.2. The molecule has 0 saturated carbocycles. The average molecular weight is 385 g/mol. The first-order valence-corrected chi connectivity index (χ1v) is 8.63. The number of rotatable bonds is 3.